The van der Waals surface area contributed by atoms with Crippen molar-refractivity contribution in [2.24, 2.45) is 0 Å². The molecule has 2 amide bonds. The van der Waals surface area contributed by atoms with Crippen LogP contribution in [-0.2, 0) is 32.3 Å². The molecule has 0 spiro atoms. The van der Waals surface area contributed by atoms with Crippen LogP contribution in [0.5, 0.6) is 0 Å². The predicted molar refractivity (Wildman–Crippen MR) is 84.7 cm³/mol. The molecule has 1 fully saturated rings. The number of fused-ring (bicyclic) bond motifs is 1. The first kappa shape index (κ1) is 16.0. The predicted octanol–water partition coefficient (Wildman–Crippen LogP) is 0.298. The van der Waals surface area contributed by atoms with Crippen LogP contribution in [-0.4, -0.2) is 50.5 Å². The Morgan fingerprint density at radius 2 is 2.00 bits per heavy atom. The molecule has 1 aliphatic heterocycles. The Balaban J connectivity index is 1.64. The molecule has 0 bridgehead atoms. The van der Waals surface area contributed by atoms with Gasteiger partial charge in [-0.2, -0.15) is 0 Å². The van der Waals surface area contributed by atoms with E-state index in [1.807, 2.05) is 6.07 Å². The van der Waals surface area contributed by atoms with Gasteiger partial charge < -0.3 is 10.2 Å². The Kier molecular flexibility index (Phi) is 4.39. The molecule has 3 rings (SSSR count). The smallest absolute Gasteiger partial charge is 0.239 e. The fraction of sp³-hybridized carbons (Fsp3) is 0.500. The molecule has 1 aromatic rings. The second kappa shape index (κ2) is 6.31. The molecule has 2 aliphatic rings. The van der Waals surface area contributed by atoms with Gasteiger partial charge in [0, 0.05) is 19.5 Å². The number of hydrogen-bond donors (Lipinski definition) is 1. The van der Waals surface area contributed by atoms with Gasteiger partial charge >= 0.3 is 0 Å². The molecule has 1 N–H and O–H groups in total. The summed E-state index contributed by atoms with van der Waals surface area (Å²) < 4.78 is 24.9. The Bertz CT molecular complexity index is 742. The van der Waals surface area contributed by atoms with Crippen molar-refractivity contribution in [2.45, 2.75) is 30.6 Å². The Hall–Kier alpha value is -1.89. The van der Waals surface area contributed by atoms with E-state index in [-0.39, 0.29) is 30.5 Å². The first-order chi connectivity index (χ1) is 11.0. The molecular weight excluding hydrogens is 316 g/mol. The lowest BCUT2D eigenvalue weighted by Gasteiger charge is -2.26. The summed E-state index contributed by atoms with van der Waals surface area (Å²) in [5, 5.41) is 2.64. The fourth-order valence-corrected chi connectivity index (χ4v) is 4.37. The van der Waals surface area contributed by atoms with Crippen LogP contribution in [0.3, 0.4) is 0 Å². The van der Waals surface area contributed by atoms with Crippen molar-refractivity contribution in [3.63, 3.8) is 0 Å². The van der Waals surface area contributed by atoms with Gasteiger partial charge in [0.05, 0.1) is 17.2 Å². The summed E-state index contributed by atoms with van der Waals surface area (Å²) in [5.74, 6) is -0.710. The Labute approximate surface area is 135 Å². The molecule has 0 saturated carbocycles. The maximum absolute atomic E-state index is 12.4. The lowest BCUT2D eigenvalue weighted by molar-refractivity contribution is -0.137. The molecule has 6 nitrogen and oxygen atoms in total. The van der Waals surface area contributed by atoms with Crippen molar-refractivity contribution in [2.75, 3.05) is 25.4 Å². The molecule has 0 unspecified atom stereocenters. The van der Waals surface area contributed by atoms with Gasteiger partial charge in [0.2, 0.25) is 11.8 Å². The number of aryl methyl sites for hydroxylation is 2. The standard InChI is InChI=1S/C16H20N2O4S/c19-15-11-18(8-7-17-15)16(20)6-9-23(21,22)14-5-4-12-2-1-3-13(12)10-14/h4-5,10H,1-3,6-9,11H2,(H,17,19). The Morgan fingerprint density at radius 1 is 1.22 bits per heavy atom. The van der Waals surface area contributed by atoms with Crippen molar-refractivity contribution in [3.8, 4) is 0 Å². The van der Waals surface area contributed by atoms with Crippen molar-refractivity contribution in [1.29, 1.82) is 0 Å². The zero-order valence-electron chi connectivity index (χ0n) is 12.9. The average Bonchev–Trinajstić information content (AvgIpc) is 3.00. The number of nitrogens with one attached hydrogen (secondary N) is 1. The van der Waals surface area contributed by atoms with E-state index in [4.69, 9.17) is 0 Å². The topological polar surface area (TPSA) is 83.6 Å². The van der Waals surface area contributed by atoms with E-state index in [0.29, 0.717) is 18.0 Å². The highest BCUT2D eigenvalue weighted by molar-refractivity contribution is 7.91. The van der Waals surface area contributed by atoms with E-state index in [9.17, 15) is 18.0 Å². The van der Waals surface area contributed by atoms with E-state index < -0.39 is 9.84 Å². The summed E-state index contributed by atoms with van der Waals surface area (Å²) in [5.41, 5.74) is 2.32. The minimum atomic E-state index is -3.48. The first-order valence-electron chi connectivity index (χ1n) is 7.85. The summed E-state index contributed by atoms with van der Waals surface area (Å²) >= 11 is 0. The van der Waals surface area contributed by atoms with Gasteiger partial charge in [-0.15, -0.1) is 0 Å². The van der Waals surface area contributed by atoms with Gasteiger partial charge in [0.25, 0.3) is 0 Å². The number of carbonyl (C=O) groups is 2. The summed E-state index contributed by atoms with van der Waals surface area (Å²) in [4.78, 5) is 25.1. The maximum Gasteiger partial charge on any atom is 0.239 e. The van der Waals surface area contributed by atoms with Crippen LogP contribution in [0.1, 0.15) is 24.0 Å². The largest absolute Gasteiger partial charge is 0.353 e. The molecule has 1 aliphatic carbocycles. The number of benzene rings is 1. The molecule has 0 aromatic heterocycles. The fourth-order valence-electron chi connectivity index (χ4n) is 3.09. The Morgan fingerprint density at radius 3 is 2.78 bits per heavy atom. The van der Waals surface area contributed by atoms with E-state index in [1.165, 1.54) is 10.5 Å². The summed E-state index contributed by atoms with van der Waals surface area (Å²) in [6, 6.07) is 5.26. The summed E-state index contributed by atoms with van der Waals surface area (Å²) in [6.07, 6.45) is 2.90. The lowest BCUT2D eigenvalue weighted by Crippen LogP contribution is -2.50. The van der Waals surface area contributed by atoms with Crippen LogP contribution in [0.4, 0.5) is 0 Å². The zero-order chi connectivity index (χ0) is 16.4. The van der Waals surface area contributed by atoms with Crippen LogP contribution in [0.15, 0.2) is 23.1 Å². The van der Waals surface area contributed by atoms with Gasteiger partial charge in [-0.3, -0.25) is 9.59 Å². The van der Waals surface area contributed by atoms with Crippen LogP contribution in [0.2, 0.25) is 0 Å². The van der Waals surface area contributed by atoms with E-state index in [0.717, 1.165) is 24.8 Å². The molecule has 0 radical (unpaired) electrons. The van der Waals surface area contributed by atoms with Gasteiger partial charge in [-0.1, -0.05) is 6.07 Å². The SMILES string of the molecule is O=C1CN(C(=O)CCS(=O)(=O)c2ccc3c(c2)CCC3)CCN1. The first-order valence-corrected chi connectivity index (χ1v) is 9.50. The van der Waals surface area contributed by atoms with Gasteiger partial charge in [0.15, 0.2) is 9.84 Å². The molecule has 7 heteroatoms. The van der Waals surface area contributed by atoms with Gasteiger partial charge in [-0.25, -0.2) is 8.42 Å². The molecule has 1 aromatic carbocycles. The van der Waals surface area contributed by atoms with Crippen molar-refractivity contribution in [1.82, 2.24) is 10.2 Å². The van der Waals surface area contributed by atoms with E-state index >= 15 is 0 Å². The zero-order valence-corrected chi connectivity index (χ0v) is 13.7. The molecule has 23 heavy (non-hydrogen) atoms. The van der Waals surface area contributed by atoms with Crippen LogP contribution in [0, 0.1) is 0 Å². The lowest BCUT2D eigenvalue weighted by atomic mass is 10.1. The summed E-state index contributed by atoms with van der Waals surface area (Å²) in [6.45, 7) is 0.864. The second-order valence-electron chi connectivity index (χ2n) is 6.02. The minimum Gasteiger partial charge on any atom is -0.353 e. The second-order valence-corrected chi connectivity index (χ2v) is 8.13. The monoisotopic (exact) mass is 336 g/mol. The highest BCUT2D eigenvalue weighted by Gasteiger charge is 2.24. The molecule has 0 atom stereocenters. The maximum atomic E-state index is 12.4. The molecular formula is C16H20N2O4S. The third kappa shape index (κ3) is 3.55. The normalized spacial score (nSPS) is 17.7. The third-order valence-corrected chi connectivity index (χ3v) is 6.12. The average molecular weight is 336 g/mol. The van der Waals surface area contributed by atoms with E-state index in [1.54, 1.807) is 12.1 Å². The van der Waals surface area contributed by atoms with E-state index in [2.05, 4.69) is 5.32 Å². The number of nitrogens with zero attached hydrogens (tertiary/aromatic N) is 1. The third-order valence-electron chi connectivity index (χ3n) is 4.40. The number of carbonyl (C=O) groups excluding carboxylic acids is 2. The summed E-state index contributed by atoms with van der Waals surface area (Å²) in [7, 11) is -3.48. The van der Waals surface area contributed by atoms with Gasteiger partial charge in [-0.05, 0) is 42.5 Å². The minimum absolute atomic E-state index is 0.0116. The number of piperazine rings is 1. The molecule has 1 heterocycles. The number of sulfone groups is 1. The van der Waals surface area contributed by atoms with Crippen molar-refractivity contribution < 1.29 is 18.0 Å². The van der Waals surface area contributed by atoms with Crippen LogP contribution < -0.4 is 5.32 Å². The molecule has 1 saturated heterocycles. The highest BCUT2D eigenvalue weighted by Crippen LogP contribution is 2.25. The number of hydrogen-bond acceptors (Lipinski definition) is 4. The number of rotatable bonds is 4. The van der Waals surface area contributed by atoms with Crippen LogP contribution >= 0.6 is 0 Å². The quantitative estimate of drug-likeness (QED) is 0.857. The highest BCUT2D eigenvalue weighted by atomic mass is 32.2. The van der Waals surface area contributed by atoms with Crippen molar-refractivity contribution in [3.05, 3.63) is 29.3 Å². The van der Waals surface area contributed by atoms with Crippen LogP contribution in [0.25, 0.3) is 0 Å². The molecule has 124 valence electrons. The van der Waals surface area contributed by atoms with Gasteiger partial charge in [0.1, 0.15) is 0 Å². The van der Waals surface area contributed by atoms with Crippen molar-refractivity contribution >= 4 is 21.7 Å². The number of amides is 2.